The molecule has 0 heterocycles. The van der Waals surface area contributed by atoms with Crippen LogP contribution in [-0.4, -0.2) is 55.4 Å². The van der Waals surface area contributed by atoms with Crippen LogP contribution in [0, 0.1) is 5.92 Å². The molecule has 0 aromatic heterocycles. The molecule has 0 fully saturated rings. The average molecular weight is 494 g/mol. The van der Waals surface area contributed by atoms with Gasteiger partial charge in [0.2, 0.25) is 5.91 Å². The minimum Gasteiger partial charge on any atom is -0.467 e. The van der Waals surface area contributed by atoms with Crippen LogP contribution in [-0.2, 0) is 19.1 Å². The Morgan fingerprint density at radius 2 is 1.57 bits per heavy atom. The Bertz CT molecular complexity index is 822. The summed E-state index contributed by atoms with van der Waals surface area (Å²) in [5, 5.41) is 7.91. The van der Waals surface area contributed by atoms with Crippen LogP contribution >= 0.6 is 0 Å². The first-order valence-corrected chi connectivity index (χ1v) is 11.8. The van der Waals surface area contributed by atoms with E-state index in [2.05, 4.69) is 16.0 Å². The minimum absolute atomic E-state index is 0.132. The van der Waals surface area contributed by atoms with Gasteiger partial charge in [-0.15, -0.1) is 0 Å². The highest BCUT2D eigenvalue weighted by molar-refractivity contribution is 5.89. The van der Waals surface area contributed by atoms with Gasteiger partial charge >= 0.3 is 18.2 Å². The van der Waals surface area contributed by atoms with E-state index >= 15 is 0 Å². The zero-order valence-corrected chi connectivity index (χ0v) is 21.5. The van der Waals surface area contributed by atoms with E-state index in [9.17, 15) is 19.2 Å². The van der Waals surface area contributed by atoms with Crippen LogP contribution in [0.25, 0.3) is 0 Å². The molecule has 0 aliphatic heterocycles. The van der Waals surface area contributed by atoms with Gasteiger partial charge in [-0.05, 0) is 64.5 Å². The van der Waals surface area contributed by atoms with Gasteiger partial charge in [-0.1, -0.05) is 32.0 Å². The molecule has 1 aromatic rings. The van der Waals surface area contributed by atoms with E-state index in [0.717, 1.165) is 0 Å². The van der Waals surface area contributed by atoms with Gasteiger partial charge in [0.1, 0.15) is 23.4 Å². The Morgan fingerprint density at radius 3 is 2.14 bits per heavy atom. The van der Waals surface area contributed by atoms with Crippen molar-refractivity contribution < 1.29 is 33.4 Å². The zero-order valence-electron chi connectivity index (χ0n) is 21.5. The monoisotopic (exact) mass is 493 g/mol. The summed E-state index contributed by atoms with van der Waals surface area (Å²) < 4.78 is 15.2. The SMILES string of the molecule is COC(=O)[C@@H](CC(C)C)NC(=O)[C@H](CCCCNC(=O)OC(C)(C)C)NC(=O)Oc1ccccc1. The first-order chi connectivity index (χ1) is 16.4. The summed E-state index contributed by atoms with van der Waals surface area (Å²) in [6.45, 7) is 9.51. The van der Waals surface area contributed by atoms with Crippen LogP contribution in [0.4, 0.5) is 9.59 Å². The standard InChI is InChI=1S/C25H39N3O7/c1-17(2)16-20(22(30)33-6)27-21(29)19(28-24(32)34-18-12-8-7-9-13-18)14-10-11-15-26-23(31)35-25(3,4)5/h7-9,12-13,17,19-20H,10-11,14-16H2,1-6H3,(H,26,31)(H,27,29)(H,28,32)/t19-,20+/m0/s1. The molecule has 10 heteroatoms. The number of carbonyl (C=O) groups excluding carboxylic acids is 4. The van der Waals surface area contributed by atoms with Crippen LogP contribution < -0.4 is 20.7 Å². The summed E-state index contributed by atoms with van der Waals surface area (Å²) in [6, 6.07) is 6.67. The Morgan fingerprint density at radius 1 is 0.914 bits per heavy atom. The zero-order chi connectivity index (χ0) is 26.4. The van der Waals surface area contributed by atoms with Crippen LogP contribution in [0.3, 0.4) is 0 Å². The van der Waals surface area contributed by atoms with Crippen molar-refractivity contribution in [2.45, 2.75) is 78.0 Å². The van der Waals surface area contributed by atoms with Gasteiger partial charge < -0.3 is 30.2 Å². The molecule has 0 saturated carbocycles. The average Bonchev–Trinajstić information content (AvgIpc) is 2.76. The summed E-state index contributed by atoms with van der Waals surface area (Å²) in [5.74, 6) is -0.615. The molecule has 0 saturated heterocycles. The van der Waals surface area contributed by atoms with E-state index in [-0.39, 0.29) is 12.3 Å². The predicted octanol–water partition coefficient (Wildman–Crippen LogP) is 3.54. The van der Waals surface area contributed by atoms with Crippen molar-refractivity contribution in [1.82, 2.24) is 16.0 Å². The molecule has 3 amide bonds. The van der Waals surface area contributed by atoms with Crippen LogP contribution in [0.2, 0.25) is 0 Å². The first kappa shape index (κ1) is 29.7. The summed E-state index contributed by atoms with van der Waals surface area (Å²) >= 11 is 0. The van der Waals surface area contributed by atoms with E-state index in [0.29, 0.717) is 31.6 Å². The predicted molar refractivity (Wildman–Crippen MR) is 131 cm³/mol. The summed E-state index contributed by atoms with van der Waals surface area (Å²) in [6.07, 6.45) is 0.394. The molecule has 0 aliphatic rings. The second kappa shape index (κ2) is 14.9. The molecule has 3 N–H and O–H groups in total. The smallest absolute Gasteiger partial charge is 0.413 e. The number of nitrogens with one attached hydrogen (secondary N) is 3. The number of alkyl carbamates (subject to hydrolysis) is 1. The topological polar surface area (TPSA) is 132 Å². The maximum absolute atomic E-state index is 13.0. The highest BCUT2D eigenvalue weighted by atomic mass is 16.6. The van der Waals surface area contributed by atoms with Gasteiger partial charge in [-0.25, -0.2) is 14.4 Å². The Labute approximate surface area is 207 Å². The molecule has 196 valence electrons. The first-order valence-electron chi connectivity index (χ1n) is 11.8. The molecule has 0 radical (unpaired) electrons. The van der Waals surface area contributed by atoms with Gasteiger partial charge in [-0.3, -0.25) is 4.79 Å². The van der Waals surface area contributed by atoms with Gasteiger partial charge in [0, 0.05) is 6.54 Å². The van der Waals surface area contributed by atoms with Crippen LogP contribution in [0.15, 0.2) is 30.3 Å². The van der Waals surface area contributed by atoms with Crippen LogP contribution in [0.1, 0.15) is 60.3 Å². The molecule has 0 bridgehead atoms. The number of amides is 3. The fraction of sp³-hybridized carbons (Fsp3) is 0.600. The lowest BCUT2D eigenvalue weighted by Gasteiger charge is -2.23. The molecular formula is C25H39N3O7. The summed E-state index contributed by atoms with van der Waals surface area (Å²) in [7, 11) is 1.26. The van der Waals surface area contributed by atoms with Crippen molar-refractivity contribution in [3.63, 3.8) is 0 Å². The Hall–Kier alpha value is -3.30. The van der Waals surface area contributed by atoms with E-state index in [1.807, 2.05) is 13.8 Å². The van der Waals surface area contributed by atoms with E-state index in [1.54, 1.807) is 51.1 Å². The minimum atomic E-state index is -0.952. The lowest BCUT2D eigenvalue weighted by molar-refractivity contribution is -0.145. The second-order valence-corrected chi connectivity index (χ2v) is 9.54. The largest absolute Gasteiger partial charge is 0.467 e. The summed E-state index contributed by atoms with van der Waals surface area (Å²) in [4.78, 5) is 49.3. The molecule has 0 spiro atoms. The number of carbonyl (C=O) groups is 4. The number of rotatable bonds is 12. The fourth-order valence-electron chi connectivity index (χ4n) is 3.11. The van der Waals surface area contributed by atoms with Crippen molar-refractivity contribution >= 4 is 24.1 Å². The molecule has 1 aromatic carbocycles. The number of hydrogen-bond donors (Lipinski definition) is 3. The molecule has 0 aliphatic carbocycles. The van der Waals surface area contributed by atoms with Gasteiger partial charge in [0.05, 0.1) is 7.11 Å². The fourth-order valence-corrected chi connectivity index (χ4v) is 3.11. The van der Waals surface area contributed by atoms with Gasteiger partial charge in [0.25, 0.3) is 0 Å². The van der Waals surface area contributed by atoms with Crippen molar-refractivity contribution in [2.24, 2.45) is 5.92 Å². The Balaban J connectivity index is 2.74. The normalized spacial score (nSPS) is 12.8. The molecule has 2 atom stereocenters. The van der Waals surface area contributed by atoms with E-state index in [4.69, 9.17) is 14.2 Å². The molecule has 1 rings (SSSR count). The maximum atomic E-state index is 13.0. The summed E-state index contributed by atoms with van der Waals surface area (Å²) in [5.41, 5.74) is -0.595. The van der Waals surface area contributed by atoms with Crippen molar-refractivity contribution in [3.05, 3.63) is 30.3 Å². The van der Waals surface area contributed by atoms with Crippen molar-refractivity contribution in [2.75, 3.05) is 13.7 Å². The molecule has 10 nitrogen and oxygen atoms in total. The molecule has 35 heavy (non-hydrogen) atoms. The maximum Gasteiger partial charge on any atom is 0.413 e. The van der Waals surface area contributed by atoms with Crippen molar-refractivity contribution in [1.29, 1.82) is 0 Å². The number of para-hydroxylation sites is 1. The van der Waals surface area contributed by atoms with E-state index in [1.165, 1.54) is 7.11 Å². The molecular weight excluding hydrogens is 454 g/mol. The quantitative estimate of drug-likeness (QED) is 0.300. The second-order valence-electron chi connectivity index (χ2n) is 9.54. The van der Waals surface area contributed by atoms with Crippen molar-refractivity contribution in [3.8, 4) is 5.75 Å². The number of esters is 1. The van der Waals surface area contributed by atoms with Crippen LogP contribution in [0.5, 0.6) is 5.75 Å². The van der Waals surface area contributed by atoms with E-state index < -0.39 is 41.7 Å². The highest BCUT2D eigenvalue weighted by Gasteiger charge is 2.28. The third-order valence-corrected chi connectivity index (χ3v) is 4.66. The number of benzene rings is 1. The number of methoxy groups -OCH3 is 1. The molecule has 0 unspecified atom stereocenters. The Kier molecular flexibility index (Phi) is 12.6. The highest BCUT2D eigenvalue weighted by Crippen LogP contribution is 2.11. The number of ether oxygens (including phenoxy) is 3. The number of hydrogen-bond acceptors (Lipinski definition) is 7. The third-order valence-electron chi connectivity index (χ3n) is 4.66. The number of unbranched alkanes of at least 4 members (excludes halogenated alkanes) is 1. The third kappa shape index (κ3) is 13.2. The van der Waals surface area contributed by atoms with Gasteiger partial charge in [-0.2, -0.15) is 0 Å². The van der Waals surface area contributed by atoms with Gasteiger partial charge in [0.15, 0.2) is 0 Å². The lowest BCUT2D eigenvalue weighted by Crippen LogP contribution is -2.52. The lowest BCUT2D eigenvalue weighted by atomic mass is 10.0.